The van der Waals surface area contributed by atoms with E-state index in [0.717, 1.165) is 15.6 Å². The van der Waals surface area contributed by atoms with Crippen LogP contribution < -0.4 is 4.90 Å². The lowest BCUT2D eigenvalue weighted by molar-refractivity contribution is -0.117. The Morgan fingerprint density at radius 2 is 2.10 bits per heavy atom. The number of aryl methyl sites for hydroxylation is 1. The molecule has 3 rings (SSSR count). The number of thiazole rings is 1. The minimum absolute atomic E-state index is 0.0829. The van der Waals surface area contributed by atoms with E-state index in [1.165, 1.54) is 11.3 Å². The summed E-state index contributed by atoms with van der Waals surface area (Å²) in [7, 11) is 0. The number of carbonyl (C=O) groups excluding carboxylic acids is 1. The van der Waals surface area contributed by atoms with E-state index in [1.54, 1.807) is 22.9 Å². The minimum atomic E-state index is -0.100. The van der Waals surface area contributed by atoms with E-state index in [2.05, 4.69) is 4.98 Å². The lowest BCUT2D eigenvalue weighted by Crippen LogP contribution is -2.30. The minimum Gasteiger partial charge on any atom is -0.273 e. The van der Waals surface area contributed by atoms with Crippen molar-refractivity contribution in [2.75, 3.05) is 4.90 Å². The Labute approximate surface area is 131 Å². The maximum absolute atomic E-state index is 12.4. The number of aromatic nitrogens is 1. The van der Waals surface area contributed by atoms with Crippen LogP contribution in [0.4, 0.5) is 5.13 Å². The van der Waals surface area contributed by atoms with Gasteiger partial charge in [-0.05, 0) is 19.9 Å². The Kier molecular flexibility index (Phi) is 3.75. The number of benzene rings is 1. The molecule has 0 N–H and O–H groups in total. The molecule has 2 aromatic rings. The lowest BCUT2D eigenvalue weighted by Gasteiger charge is -2.22. The van der Waals surface area contributed by atoms with Gasteiger partial charge in [0.05, 0.1) is 5.25 Å². The van der Waals surface area contributed by atoms with Crippen molar-refractivity contribution in [2.24, 2.45) is 0 Å². The lowest BCUT2D eigenvalue weighted by atomic mass is 10.2. The van der Waals surface area contributed by atoms with Gasteiger partial charge in [-0.2, -0.15) is 0 Å². The smallest absolute Gasteiger partial charge is 0.242 e. The molecule has 0 spiro atoms. The molecule has 1 aromatic heterocycles. The van der Waals surface area contributed by atoms with Crippen molar-refractivity contribution in [3.05, 3.63) is 45.9 Å². The van der Waals surface area contributed by atoms with Crippen molar-refractivity contribution in [3.63, 3.8) is 0 Å². The monoisotopic (exact) mass is 324 g/mol. The van der Waals surface area contributed by atoms with Crippen LogP contribution in [0.5, 0.6) is 0 Å². The first-order valence-corrected chi connectivity index (χ1v) is 8.37. The zero-order chi connectivity index (χ0) is 14.3. The Hall–Kier alpha value is -1.04. The number of anilines is 1. The van der Waals surface area contributed by atoms with E-state index < -0.39 is 0 Å². The first kappa shape index (κ1) is 13.9. The van der Waals surface area contributed by atoms with Crippen LogP contribution in [0.25, 0.3) is 0 Å². The summed E-state index contributed by atoms with van der Waals surface area (Å²) in [6, 6.07) is 7.67. The zero-order valence-electron chi connectivity index (χ0n) is 11.0. The first-order valence-electron chi connectivity index (χ1n) is 6.23. The third kappa shape index (κ3) is 2.34. The van der Waals surface area contributed by atoms with Crippen molar-refractivity contribution in [2.45, 2.75) is 24.5 Å². The highest BCUT2D eigenvalue weighted by Crippen LogP contribution is 2.47. The molecule has 6 heteroatoms. The summed E-state index contributed by atoms with van der Waals surface area (Å²) in [5, 5.41) is 1.25. The quantitative estimate of drug-likeness (QED) is 0.827. The summed E-state index contributed by atoms with van der Waals surface area (Å²) >= 11 is 9.43. The maximum Gasteiger partial charge on any atom is 0.242 e. The molecule has 2 atom stereocenters. The topological polar surface area (TPSA) is 33.2 Å². The van der Waals surface area contributed by atoms with Crippen LogP contribution in [0.2, 0.25) is 5.02 Å². The van der Waals surface area contributed by atoms with Gasteiger partial charge in [0, 0.05) is 21.7 Å². The first-order chi connectivity index (χ1) is 9.58. The van der Waals surface area contributed by atoms with Crippen molar-refractivity contribution in [3.8, 4) is 0 Å². The molecule has 1 saturated heterocycles. The van der Waals surface area contributed by atoms with Crippen LogP contribution in [-0.4, -0.2) is 16.1 Å². The van der Waals surface area contributed by atoms with Gasteiger partial charge in [0.25, 0.3) is 0 Å². The molecule has 1 aliphatic heterocycles. The van der Waals surface area contributed by atoms with Gasteiger partial charge >= 0.3 is 0 Å². The summed E-state index contributed by atoms with van der Waals surface area (Å²) in [6.07, 6.45) is 1.80. The Morgan fingerprint density at radius 1 is 1.35 bits per heavy atom. The molecule has 1 amide bonds. The summed E-state index contributed by atoms with van der Waals surface area (Å²) in [6.45, 7) is 3.92. The van der Waals surface area contributed by atoms with E-state index >= 15 is 0 Å². The van der Waals surface area contributed by atoms with Crippen LogP contribution in [0.15, 0.2) is 30.5 Å². The molecule has 0 aliphatic carbocycles. The van der Waals surface area contributed by atoms with Gasteiger partial charge in [0.2, 0.25) is 5.91 Å². The number of halogens is 1. The van der Waals surface area contributed by atoms with Crippen molar-refractivity contribution >= 4 is 45.7 Å². The second kappa shape index (κ2) is 5.39. The molecule has 0 radical (unpaired) electrons. The molecule has 1 fully saturated rings. The number of rotatable bonds is 2. The zero-order valence-corrected chi connectivity index (χ0v) is 13.4. The fraction of sp³-hybridized carbons (Fsp3) is 0.286. The van der Waals surface area contributed by atoms with Crippen molar-refractivity contribution in [1.82, 2.24) is 4.98 Å². The molecule has 0 unspecified atom stereocenters. The Balaban J connectivity index is 2.05. The highest BCUT2D eigenvalue weighted by molar-refractivity contribution is 8.01. The standard InChI is InChI=1S/C14H13ClN2OS2/c1-8-7-16-14(19-8)17-12(18)9(2)20-13(17)10-5-3-4-6-11(10)15/h3-7,9,13H,1-2H3/t9-,13+/m0/s1. The summed E-state index contributed by atoms with van der Waals surface area (Å²) < 4.78 is 0. The van der Waals surface area contributed by atoms with Gasteiger partial charge in [0.1, 0.15) is 5.37 Å². The van der Waals surface area contributed by atoms with Crippen LogP contribution in [0.1, 0.15) is 22.7 Å². The van der Waals surface area contributed by atoms with Crippen LogP contribution in [0, 0.1) is 6.92 Å². The fourth-order valence-corrected chi connectivity index (χ4v) is 4.62. The van der Waals surface area contributed by atoms with E-state index in [4.69, 9.17) is 11.6 Å². The molecule has 3 nitrogen and oxygen atoms in total. The number of hydrogen-bond donors (Lipinski definition) is 0. The summed E-state index contributed by atoms with van der Waals surface area (Å²) in [4.78, 5) is 19.7. The predicted octanol–water partition coefficient (Wildman–Crippen LogP) is 4.27. The highest BCUT2D eigenvalue weighted by atomic mass is 35.5. The van der Waals surface area contributed by atoms with Crippen LogP contribution >= 0.6 is 34.7 Å². The summed E-state index contributed by atoms with van der Waals surface area (Å²) in [5.74, 6) is 0.0919. The van der Waals surface area contributed by atoms with Crippen molar-refractivity contribution < 1.29 is 4.79 Å². The molecule has 20 heavy (non-hydrogen) atoms. The van der Waals surface area contributed by atoms with Gasteiger partial charge in [-0.3, -0.25) is 9.69 Å². The van der Waals surface area contributed by atoms with Gasteiger partial charge in [-0.1, -0.05) is 29.8 Å². The second-order valence-corrected chi connectivity index (χ2v) is 7.66. The molecule has 2 heterocycles. The number of nitrogens with zero attached hydrogens (tertiary/aromatic N) is 2. The average Bonchev–Trinajstić information content (AvgIpc) is 2.95. The Bertz CT molecular complexity index is 658. The van der Waals surface area contributed by atoms with E-state index in [0.29, 0.717) is 5.02 Å². The number of hydrogen-bond acceptors (Lipinski definition) is 4. The summed E-state index contributed by atoms with van der Waals surface area (Å²) in [5.41, 5.74) is 0.963. The van der Waals surface area contributed by atoms with Crippen LogP contribution in [-0.2, 0) is 4.79 Å². The van der Waals surface area contributed by atoms with Gasteiger partial charge in [-0.15, -0.1) is 23.1 Å². The number of thioether (sulfide) groups is 1. The highest BCUT2D eigenvalue weighted by Gasteiger charge is 2.41. The molecule has 1 aliphatic rings. The molecule has 1 aromatic carbocycles. The second-order valence-electron chi connectivity index (χ2n) is 4.61. The molecular weight excluding hydrogens is 312 g/mol. The van der Waals surface area contributed by atoms with E-state index in [1.807, 2.05) is 38.1 Å². The largest absolute Gasteiger partial charge is 0.273 e. The fourth-order valence-electron chi connectivity index (χ4n) is 2.16. The molecular formula is C14H13ClN2OS2. The predicted molar refractivity (Wildman–Crippen MR) is 85.6 cm³/mol. The van der Waals surface area contributed by atoms with Crippen molar-refractivity contribution in [1.29, 1.82) is 0 Å². The van der Waals surface area contributed by atoms with Gasteiger partial charge in [-0.25, -0.2) is 4.98 Å². The van der Waals surface area contributed by atoms with E-state index in [9.17, 15) is 4.79 Å². The maximum atomic E-state index is 12.4. The Morgan fingerprint density at radius 3 is 2.75 bits per heavy atom. The van der Waals surface area contributed by atoms with Gasteiger partial charge in [0.15, 0.2) is 5.13 Å². The molecule has 104 valence electrons. The van der Waals surface area contributed by atoms with E-state index in [-0.39, 0.29) is 16.5 Å². The van der Waals surface area contributed by atoms with Crippen LogP contribution in [0.3, 0.4) is 0 Å². The average molecular weight is 325 g/mol. The molecule has 0 saturated carbocycles. The SMILES string of the molecule is Cc1cnc(N2C(=O)[C@H](C)S[C@@H]2c2ccccc2Cl)s1. The third-order valence-electron chi connectivity index (χ3n) is 3.14. The number of carbonyl (C=O) groups is 1. The van der Waals surface area contributed by atoms with Gasteiger partial charge < -0.3 is 0 Å². The molecule has 0 bridgehead atoms. The number of amides is 1. The third-order valence-corrected chi connectivity index (χ3v) is 5.73. The normalized spacial score (nSPS) is 22.6.